The number of nitrogens with one attached hydrogen (secondary N) is 1. The van der Waals surface area contributed by atoms with Crippen LogP contribution in [0.15, 0.2) is 0 Å². The molecule has 74 valence electrons. The van der Waals surface area contributed by atoms with Crippen molar-refractivity contribution in [2.75, 3.05) is 18.1 Å². The van der Waals surface area contributed by atoms with E-state index in [-0.39, 0.29) is 6.10 Å². The van der Waals surface area contributed by atoms with Gasteiger partial charge in [-0.2, -0.15) is 11.8 Å². The van der Waals surface area contributed by atoms with E-state index in [1.54, 1.807) is 0 Å². The lowest BCUT2D eigenvalue weighted by molar-refractivity contribution is 0.165. The van der Waals surface area contributed by atoms with E-state index in [2.05, 4.69) is 19.2 Å². The van der Waals surface area contributed by atoms with Gasteiger partial charge in [0, 0.05) is 18.3 Å². The van der Waals surface area contributed by atoms with Crippen LogP contribution < -0.4 is 5.32 Å². The zero-order chi connectivity index (χ0) is 9.40. The van der Waals surface area contributed by atoms with E-state index in [0.29, 0.717) is 6.04 Å². The van der Waals surface area contributed by atoms with Crippen LogP contribution >= 0.6 is 11.8 Å². The lowest BCUT2D eigenvalue weighted by Gasteiger charge is -2.15. The Hall–Kier alpha value is 0.270. The van der Waals surface area contributed by atoms with Crippen LogP contribution in [0.4, 0.5) is 0 Å². The molecule has 0 spiro atoms. The maximum atomic E-state index is 9.26. The Balaban J connectivity index is 3.24. The van der Waals surface area contributed by atoms with E-state index in [9.17, 15) is 5.11 Å². The Bertz CT molecular complexity index is 101. The van der Waals surface area contributed by atoms with Gasteiger partial charge in [0.25, 0.3) is 0 Å². The van der Waals surface area contributed by atoms with Crippen LogP contribution in [0.2, 0.25) is 0 Å². The molecule has 0 aromatic carbocycles. The maximum Gasteiger partial charge on any atom is 0.0662 e. The molecule has 0 bridgehead atoms. The predicted octanol–water partition coefficient (Wildman–Crippen LogP) is 1.49. The van der Waals surface area contributed by atoms with Crippen molar-refractivity contribution in [2.45, 2.75) is 39.3 Å². The number of rotatable bonds is 7. The number of hydrogen-bond donors (Lipinski definition) is 2. The largest absolute Gasteiger partial charge is 0.392 e. The number of hydrogen-bond acceptors (Lipinski definition) is 3. The molecule has 2 N–H and O–H groups in total. The highest BCUT2D eigenvalue weighted by molar-refractivity contribution is 7.99. The highest BCUT2D eigenvalue weighted by atomic mass is 32.2. The van der Waals surface area contributed by atoms with E-state index in [4.69, 9.17) is 0 Å². The van der Waals surface area contributed by atoms with Crippen LogP contribution in [0, 0.1) is 0 Å². The summed E-state index contributed by atoms with van der Waals surface area (Å²) in [5.41, 5.74) is 0. The first kappa shape index (κ1) is 12.3. The van der Waals surface area contributed by atoms with Gasteiger partial charge in [0.2, 0.25) is 0 Å². The first-order chi connectivity index (χ1) is 5.70. The first-order valence-electron chi connectivity index (χ1n) is 4.69. The van der Waals surface area contributed by atoms with E-state index in [0.717, 1.165) is 18.7 Å². The molecule has 3 heteroatoms. The number of aliphatic hydroxyl groups is 1. The minimum Gasteiger partial charge on any atom is -0.392 e. The fourth-order valence-electron chi connectivity index (χ4n) is 0.835. The molecule has 2 atom stereocenters. The van der Waals surface area contributed by atoms with Gasteiger partial charge in [-0.15, -0.1) is 0 Å². The fraction of sp³-hybridized carbons (Fsp3) is 1.00. The topological polar surface area (TPSA) is 32.3 Å². The Morgan fingerprint density at radius 2 is 2.08 bits per heavy atom. The average Bonchev–Trinajstić information content (AvgIpc) is 2.10. The standard InChI is InChI=1S/C9H21NOS/c1-4-9(11)6-10-8(3)7-12-5-2/h8-11H,4-7H2,1-3H3. The van der Waals surface area contributed by atoms with Gasteiger partial charge >= 0.3 is 0 Å². The van der Waals surface area contributed by atoms with Crippen molar-refractivity contribution in [3.8, 4) is 0 Å². The quantitative estimate of drug-likeness (QED) is 0.639. The summed E-state index contributed by atoms with van der Waals surface area (Å²) >= 11 is 1.93. The normalized spacial score (nSPS) is 16.0. The highest BCUT2D eigenvalue weighted by Crippen LogP contribution is 2.01. The van der Waals surface area contributed by atoms with Gasteiger partial charge < -0.3 is 10.4 Å². The molecule has 12 heavy (non-hydrogen) atoms. The molecule has 0 heterocycles. The van der Waals surface area contributed by atoms with Gasteiger partial charge in [-0.05, 0) is 19.1 Å². The molecule has 0 aromatic heterocycles. The molecular formula is C9H21NOS. The SMILES string of the molecule is CCSCC(C)NCC(O)CC. The molecule has 0 saturated carbocycles. The molecule has 0 saturated heterocycles. The van der Waals surface area contributed by atoms with Crippen LogP contribution in [-0.4, -0.2) is 35.3 Å². The van der Waals surface area contributed by atoms with E-state index >= 15 is 0 Å². The molecule has 0 aromatic rings. The van der Waals surface area contributed by atoms with Gasteiger partial charge in [0.05, 0.1) is 6.10 Å². The average molecular weight is 191 g/mol. The molecule has 0 fully saturated rings. The summed E-state index contributed by atoms with van der Waals surface area (Å²) in [6.45, 7) is 7.04. The summed E-state index contributed by atoms with van der Waals surface area (Å²) in [6, 6.07) is 0.510. The summed E-state index contributed by atoms with van der Waals surface area (Å²) < 4.78 is 0. The summed E-state index contributed by atoms with van der Waals surface area (Å²) in [5.74, 6) is 2.30. The van der Waals surface area contributed by atoms with Crippen molar-refractivity contribution in [1.29, 1.82) is 0 Å². The van der Waals surface area contributed by atoms with Gasteiger partial charge in [-0.3, -0.25) is 0 Å². The minimum absolute atomic E-state index is 0.181. The molecule has 0 aliphatic rings. The number of thioether (sulfide) groups is 1. The lowest BCUT2D eigenvalue weighted by atomic mass is 10.2. The summed E-state index contributed by atoms with van der Waals surface area (Å²) in [4.78, 5) is 0. The Kier molecular flexibility index (Phi) is 8.07. The van der Waals surface area contributed by atoms with Gasteiger partial charge in [-0.25, -0.2) is 0 Å². The summed E-state index contributed by atoms with van der Waals surface area (Å²) in [7, 11) is 0. The van der Waals surface area contributed by atoms with Crippen molar-refractivity contribution < 1.29 is 5.11 Å². The molecule has 0 aliphatic carbocycles. The smallest absolute Gasteiger partial charge is 0.0662 e. The molecule has 2 unspecified atom stereocenters. The first-order valence-corrected chi connectivity index (χ1v) is 5.85. The Morgan fingerprint density at radius 3 is 2.58 bits per heavy atom. The second kappa shape index (κ2) is 7.90. The summed E-state index contributed by atoms with van der Waals surface area (Å²) in [6.07, 6.45) is 0.653. The molecule has 0 radical (unpaired) electrons. The van der Waals surface area contributed by atoms with Gasteiger partial charge in [0.15, 0.2) is 0 Å². The predicted molar refractivity (Wildman–Crippen MR) is 56.8 cm³/mol. The van der Waals surface area contributed by atoms with E-state index in [1.165, 1.54) is 5.75 Å². The van der Waals surface area contributed by atoms with Crippen molar-refractivity contribution >= 4 is 11.8 Å². The second-order valence-corrected chi connectivity index (χ2v) is 4.35. The van der Waals surface area contributed by atoms with Crippen LogP contribution in [-0.2, 0) is 0 Å². The van der Waals surface area contributed by atoms with Crippen LogP contribution in [0.25, 0.3) is 0 Å². The van der Waals surface area contributed by atoms with Crippen molar-refractivity contribution in [1.82, 2.24) is 5.32 Å². The maximum absolute atomic E-state index is 9.26. The summed E-state index contributed by atoms with van der Waals surface area (Å²) in [5, 5.41) is 12.6. The van der Waals surface area contributed by atoms with Crippen LogP contribution in [0.1, 0.15) is 27.2 Å². The van der Waals surface area contributed by atoms with Crippen molar-refractivity contribution in [3.05, 3.63) is 0 Å². The third kappa shape index (κ3) is 6.95. The zero-order valence-corrected chi connectivity index (χ0v) is 9.16. The zero-order valence-electron chi connectivity index (χ0n) is 8.34. The minimum atomic E-state index is -0.181. The second-order valence-electron chi connectivity index (χ2n) is 3.03. The monoisotopic (exact) mass is 191 g/mol. The van der Waals surface area contributed by atoms with E-state index in [1.807, 2.05) is 18.7 Å². The molecular weight excluding hydrogens is 170 g/mol. The molecule has 0 amide bonds. The Morgan fingerprint density at radius 1 is 1.42 bits per heavy atom. The van der Waals surface area contributed by atoms with Crippen LogP contribution in [0.5, 0.6) is 0 Å². The molecule has 2 nitrogen and oxygen atoms in total. The van der Waals surface area contributed by atoms with Gasteiger partial charge in [0.1, 0.15) is 0 Å². The molecule has 0 aliphatic heterocycles. The van der Waals surface area contributed by atoms with Crippen molar-refractivity contribution in [3.63, 3.8) is 0 Å². The van der Waals surface area contributed by atoms with Crippen LogP contribution in [0.3, 0.4) is 0 Å². The number of aliphatic hydroxyl groups excluding tert-OH is 1. The van der Waals surface area contributed by atoms with E-state index < -0.39 is 0 Å². The van der Waals surface area contributed by atoms with Gasteiger partial charge in [-0.1, -0.05) is 13.8 Å². The Labute approximate surface area is 80.1 Å². The van der Waals surface area contributed by atoms with Crippen molar-refractivity contribution in [2.24, 2.45) is 0 Å². The highest BCUT2D eigenvalue weighted by Gasteiger charge is 2.03. The third-order valence-electron chi connectivity index (χ3n) is 1.75. The lowest BCUT2D eigenvalue weighted by Crippen LogP contribution is -2.34. The molecule has 0 rings (SSSR count). The third-order valence-corrected chi connectivity index (χ3v) is 2.89. The fourth-order valence-corrected chi connectivity index (χ4v) is 1.54.